The average Bonchev–Trinajstić information content (AvgIpc) is 3.31. The van der Waals surface area contributed by atoms with Gasteiger partial charge in [0.25, 0.3) is 0 Å². The Morgan fingerprint density at radius 3 is 2.72 bits per heavy atom. The Balaban J connectivity index is 1.19. The van der Waals surface area contributed by atoms with E-state index in [0.717, 1.165) is 74.9 Å². The summed E-state index contributed by atoms with van der Waals surface area (Å²) in [5.74, 6) is 1.04. The van der Waals surface area contributed by atoms with Crippen molar-refractivity contribution in [3.63, 3.8) is 0 Å². The molecule has 0 unspecified atom stereocenters. The van der Waals surface area contributed by atoms with Crippen molar-refractivity contribution >= 4 is 22.4 Å². The molecule has 3 aromatic rings. The van der Waals surface area contributed by atoms with E-state index in [1.54, 1.807) is 13.2 Å². The molecule has 9 nitrogen and oxygen atoms in total. The average molecular weight is 528 g/mol. The summed E-state index contributed by atoms with van der Waals surface area (Å²) in [5.41, 5.74) is 10.7. The number of ether oxygens (including phenoxy) is 1. The Bertz CT molecular complexity index is 1440. The highest BCUT2D eigenvalue weighted by molar-refractivity contribution is 5.95. The fraction of sp³-hybridized carbons (Fsp3) is 0.500. The van der Waals surface area contributed by atoms with E-state index in [0.29, 0.717) is 23.2 Å². The van der Waals surface area contributed by atoms with Crippen LogP contribution in [-0.4, -0.2) is 96.9 Å². The number of nitriles is 1. The molecule has 6 rings (SSSR count). The Labute approximate surface area is 232 Å². The first-order valence-electron chi connectivity index (χ1n) is 14.4. The zero-order valence-corrected chi connectivity index (χ0v) is 23.0. The summed E-state index contributed by atoms with van der Waals surface area (Å²) in [6.07, 6.45) is 0.272. The molecule has 3 aliphatic rings. The largest absolute Gasteiger partial charge is 0.378 e. The number of fused-ring (bicyclic) bond motifs is 2. The molecule has 9 heteroatoms. The third-order valence-electron chi connectivity index (χ3n) is 8.75. The van der Waals surface area contributed by atoms with Gasteiger partial charge in [0.1, 0.15) is 11.9 Å². The van der Waals surface area contributed by atoms with E-state index in [9.17, 15) is 5.26 Å². The second-order valence-electron chi connectivity index (χ2n) is 11.2. The summed E-state index contributed by atoms with van der Waals surface area (Å²) in [6, 6.07) is 15.0. The van der Waals surface area contributed by atoms with Gasteiger partial charge in [-0.25, -0.2) is 4.98 Å². The zero-order chi connectivity index (χ0) is 28.0. The van der Waals surface area contributed by atoms with Gasteiger partial charge in [0, 0.05) is 101 Å². The maximum absolute atomic E-state index is 9.60. The van der Waals surface area contributed by atoms with Crippen LogP contribution in [0.4, 0.5) is 11.5 Å². The Morgan fingerprint density at radius 1 is 1.10 bits per heavy atom. The van der Waals surface area contributed by atoms with E-state index in [4.69, 9.17) is 16.8 Å². The molecule has 204 valence electrons. The fourth-order valence-corrected chi connectivity index (χ4v) is 6.66. The standard InChI is InChI=1S/C30H38N8O/c1-20-14-37(27-8-6-22(13-31)30-25(27)5-4-10-33-30)17-24-16-36(11-12-38(20)24)29-9-7-23(21(2)34-29)15-35-18-26(32)28(19-35)39-3/h4-10,20,24,26,28H,11-12,14-19,32H2,1-3H3/t20-,24-,26+,28+/m0/s1/i10D. The minimum atomic E-state index is 0.0555. The van der Waals surface area contributed by atoms with Crippen molar-refractivity contribution in [2.75, 3.05) is 62.7 Å². The molecule has 0 spiro atoms. The first kappa shape index (κ1) is 24.7. The van der Waals surface area contributed by atoms with E-state index in [2.05, 4.69) is 56.6 Å². The van der Waals surface area contributed by atoms with Crippen molar-refractivity contribution in [2.45, 2.75) is 44.6 Å². The maximum atomic E-state index is 9.60. The van der Waals surface area contributed by atoms with Gasteiger partial charge in [-0.2, -0.15) is 5.26 Å². The van der Waals surface area contributed by atoms with Crippen molar-refractivity contribution in [3.8, 4) is 6.07 Å². The Kier molecular flexibility index (Phi) is 6.79. The van der Waals surface area contributed by atoms with Crippen molar-refractivity contribution in [1.82, 2.24) is 19.8 Å². The van der Waals surface area contributed by atoms with Crippen molar-refractivity contribution in [1.29, 1.82) is 5.26 Å². The van der Waals surface area contributed by atoms with Crippen LogP contribution in [0.5, 0.6) is 0 Å². The number of likely N-dealkylation sites (tertiary alicyclic amines) is 1. The Hall–Kier alpha value is -3.29. The summed E-state index contributed by atoms with van der Waals surface area (Å²) in [5, 5.41) is 10.5. The van der Waals surface area contributed by atoms with E-state index in [1.165, 1.54) is 5.56 Å². The van der Waals surface area contributed by atoms with Crippen LogP contribution < -0.4 is 15.5 Å². The molecule has 3 fully saturated rings. The summed E-state index contributed by atoms with van der Waals surface area (Å²) >= 11 is 0. The molecule has 39 heavy (non-hydrogen) atoms. The number of aryl methyl sites for hydroxylation is 1. The first-order valence-corrected chi connectivity index (χ1v) is 13.9. The third-order valence-corrected chi connectivity index (χ3v) is 8.75. The van der Waals surface area contributed by atoms with Gasteiger partial charge in [0.15, 0.2) is 0 Å². The van der Waals surface area contributed by atoms with Crippen molar-refractivity contribution < 1.29 is 6.11 Å². The summed E-state index contributed by atoms with van der Waals surface area (Å²) in [7, 11) is 1.74. The fourth-order valence-electron chi connectivity index (χ4n) is 6.66. The summed E-state index contributed by atoms with van der Waals surface area (Å²) in [6.45, 7) is 11.6. The number of nitrogens with zero attached hydrogens (tertiary/aromatic N) is 7. The van der Waals surface area contributed by atoms with Gasteiger partial charge in [0.05, 0.1) is 18.6 Å². The monoisotopic (exact) mass is 527 g/mol. The first-order chi connectivity index (χ1) is 19.3. The number of hydrogen-bond donors (Lipinski definition) is 1. The second-order valence-corrected chi connectivity index (χ2v) is 11.2. The molecule has 3 aliphatic heterocycles. The lowest BCUT2D eigenvalue weighted by atomic mass is 10.0. The lowest BCUT2D eigenvalue weighted by Crippen LogP contribution is -2.65. The second kappa shape index (κ2) is 10.7. The lowest BCUT2D eigenvalue weighted by Gasteiger charge is -2.51. The molecular formula is C30H38N8O. The molecule has 0 aliphatic carbocycles. The number of hydrogen-bond acceptors (Lipinski definition) is 9. The molecule has 0 amide bonds. The van der Waals surface area contributed by atoms with Gasteiger partial charge >= 0.3 is 0 Å². The maximum Gasteiger partial charge on any atom is 0.128 e. The number of methoxy groups -OCH3 is 1. The van der Waals surface area contributed by atoms with Gasteiger partial charge in [-0.3, -0.25) is 14.8 Å². The van der Waals surface area contributed by atoms with Crippen molar-refractivity contribution in [3.05, 3.63) is 59.4 Å². The molecule has 0 radical (unpaired) electrons. The molecule has 5 heterocycles. The highest BCUT2D eigenvalue weighted by Crippen LogP contribution is 2.32. The van der Waals surface area contributed by atoms with Gasteiger partial charge in [-0.05, 0) is 49.7 Å². The number of piperazine rings is 2. The van der Waals surface area contributed by atoms with Crippen LogP contribution in [0.2, 0.25) is 0 Å². The summed E-state index contributed by atoms with van der Waals surface area (Å²) < 4.78 is 13.5. The summed E-state index contributed by atoms with van der Waals surface area (Å²) in [4.78, 5) is 19.3. The normalized spacial score (nSPS) is 26.5. The Morgan fingerprint density at radius 2 is 1.95 bits per heavy atom. The molecule has 2 aromatic heterocycles. The van der Waals surface area contributed by atoms with E-state index in [-0.39, 0.29) is 18.3 Å². The topological polar surface area (TPSA) is 97.8 Å². The van der Waals surface area contributed by atoms with E-state index < -0.39 is 0 Å². The molecule has 4 atom stereocenters. The van der Waals surface area contributed by atoms with Crippen LogP contribution in [0.15, 0.2) is 42.6 Å². The van der Waals surface area contributed by atoms with Gasteiger partial charge in [-0.1, -0.05) is 6.07 Å². The van der Waals surface area contributed by atoms with Crippen LogP contribution in [0.1, 0.15) is 25.1 Å². The number of nitrogens with two attached hydrogens (primary N) is 1. The minimum absolute atomic E-state index is 0.0555. The van der Waals surface area contributed by atoms with Crippen LogP contribution in [0.25, 0.3) is 10.9 Å². The number of rotatable bonds is 5. The predicted molar refractivity (Wildman–Crippen MR) is 154 cm³/mol. The van der Waals surface area contributed by atoms with Gasteiger partial charge < -0.3 is 20.3 Å². The number of anilines is 2. The van der Waals surface area contributed by atoms with Crippen LogP contribution in [-0.2, 0) is 11.3 Å². The van der Waals surface area contributed by atoms with Crippen molar-refractivity contribution in [2.24, 2.45) is 5.73 Å². The highest BCUT2D eigenvalue weighted by Gasteiger charge is 2.37. The SMILES string of the molecule is [2H]c1ccc2c(N3C[C@@H]4CN(c5ccc(CN6C[C@@H](N)[C@H](OC)C6)c(C)n5)CCN4[C@@H](C)C3)ccc(C#N)c2n1. The smallest absolute Gasteiger partial charge is 0.128 e. The molecule has 3 saturated heterocycles. The lowest BCUT2D eigenvalue weighted by molar-refractivity contribution is 0.0976. The zero-order valence-electron chi connectivity index (χ0n) is 24.0. The van der Waals surface area contributed by atoms with Crippen LogP contribution in [0, 0.1) is 18.3 Å². The third kappa shape index (κ3) is 4.94. The van der Waals surface area contributed by atoms with Crippen LogP contribution in [0.3, 0.4) is 0 Å². The molecule has 1 aromatic carbocycles. The predicted octanol–water partition coefficient (Wildman–Crippen LogP) is 2.37. The molecule has 0 saturated carbocycles. The number of benzene rings is 1. The highest BCUT2D eigenvalue weighted by atomic mass is 16.5. The number of pyridine rings is 2. The molecule has 0 bridgehead atoms. The minimum Gasteiger partial charge on any atom is -0.378 e. The van der Waals surface area contributed by atoms with Gasteiger partial charge in [0.2, 0.25) is 0 Å². The van der Waals surface area contributed by atoms with Gasteiger partial charge in [-0.15, -0.1) is 0 Å². The molecule has 2 N–H and O–H groups in total. The quantitative estimate of drug-likeness (QED) is 0.536. The van der Waals surface area contributed by atoms with E-state index in [1.807, 2.05) is 18.2 Å². The molecular weight excluding hydrogens is 488 g/mol. The number of aromatic nitrogens is 2. The van der Waals surface area contributed by atoms with Crippen LogP contribution >= 0.6 is 0 Å². The van der Waals surface area contributed by atoms with E-state index >= 15 is 0 Å².